The summed E-state index contributed by atoms with van der Waals surface area (Å²) >= 11 is 0. The Morgan fingerprint density at radius 3 is 2.43 bits per heavy atom. The lowest BCUT2D eigenvalue weighted by molar-refractivity contribution is -0.137. The van der Waals surface area contributed by atoms with Crippen LogP contribution >= 0.6 is 0 Å². The van der Waals surface area contributed by atoms with Gasteiger partial charge in [0.05, 0.1) is 17.3 Å². The highest BCUT2D eigenvalue weighted by Gasteiger charge is 2.30. The molecule has 106 valence electrons. The van der Waals surface area contributed by atoms with Gasteiger partial charge in [0.25, 0.3) is 0 Å². The third-order valence-electron chi connectivity index (χ3n) is 3.20. The molecule has 0 saturated heterocycles. The average Bonchev–Trinajstić information content (AvgIpc) is 2.90. The zero-order chi connectivity index (χ0) is 15.0. The van der Waals surface area contributed by atoms with E-state index in [1.54, 1.807) is 22.7 Å². The van der Waals surface area contributed by atoms with Crippen LogP contribution in [0.15, 0.2) is 48.8 Å². The van der Waals surface area contributed by atoms with Gasteiger partial charge in [-0.25, -0.2) is 4.98 Å². The van der Waals surface area contributed by atoms with E-state index >= 15 is 0 Å². The number of alkyl halides is 3. The van der Waals surface area contributed by atoms with Gasteiger partial charge in [0.15, 0.2) is 6.29 Å². The largest absolute Gasteiger partial charge is 0.416 e. The van der Waals surface area contributed by atoms with Gasteiger partial charge in [-0.3, -0.25) is 9.20 Å². The van der Waals surface area contributed by atoms with Gasteiger partial charge in [0, 0.05) is 17.3 Å². The Bertz CT molecular complexity index is 804. The van der Waals surface area contributed by atoms with E-state index in [9.17, 15) is 18.0 Å². The van der Waals surface area contributed by atoms with Gasteiger partial charge in [-0.2, -0.15) is 13.2 Å². The number of aromatic nitrogens is 2. The summed E-state index contributed by atoms with van der Waals surface area (Å²) in [5.41, 5.74) is 0.928. The van der Waals surface area contributed by atoms with Crippen molar-refractivity contribution in [3.05, 3.63) is 59.9 Å². The van der Waals surface area contributed by atoms with Crippen molar-refractivity contribution in [2.24, 2.45) is 0 Å². The summed E-state index contributed by atoms with van der Waals surface area (Å²) < 4.78 is 39.3. The van der Waals surface area contributed by atoms with Crippen LogP contribution in [0.3, 0.4) is 0 Å². The van der Waals surface area contributed by atoms with Crippen molar-refractivity contribution in [2.45, 2.75) is 6.18 Å². The van der Waals surface area contributed by atoms with Gasteiger partial charge in [0.1, 0.15) is 5.82 Å². The van der Waals surface area contributed by atoms with Gasteiger partial charge < -0.3 is 0 Å². The summed E-state index contributed by atoms with van der Waals surface area (Å²) in [7, 11) is 0. The SMILES string of the molecule is O=Cc1cccn2c(-c3ccc(C(F)(F)F)cc3)ncc12. The van der Waals surface area contributed by atoms with Crippen molar-refractivity contribution in [1.82, 2.24) is 9.38 Å². The zero-order valence-electron chi connectivity index (χ0n) is 10.6. The molecule has 0 aliphatic heterocycles. The van der Waals surface area contributed by atoms with Crippen LogP contribution < -0.4 is 0 Å². The number of imidazole rings is 1. The van der Waals surface area contributed by atoms with Crippen LogP contribution in [-0.4, -0.2) is 15.7 Å². The van der Waals surface area contributed by atoms with Crippen molar-refractivity contribution >= 4 is 11.8 Å². The minimum Gasteiger partial charge on any atom is -0.299 e. The fourth-order valence-corrected chi connectivity index (χ4v) is 2.17. The molecule has 0 N–H and O–H groups in total. The third kappa shape index (κ3) is 2.29. The smallest absolute Gasteiger partial charge is 0.299 e. The number of rotatable bonds is 2. The monoisotopic (exact) mass is 290 g/mol. The normalized spacial score (nSPS) is 11.8. The quantitative estimate of drug-likeness (QED) is 0.672. The summed E-state index contributed by atoms with van der Waals surface area (Å²) in [4.78, 5) is 15.1. The first-order valence-corrected chi connectivity index (χ1v) is 6.09. The Hall–Kier alpha value is -2.63. The van der Waals surface area contributed by atoms with E-state index in [4.69, 9.17) is 0 Å². The van der Waals surface area contributed by atoms with Crippen molar-refractivity contribution < 1.29 is 18.0 Å². The van der Waals surface area contributed by atoms with Gasteiger partial charge in [0.2, 0.25) is 0 Å². The Balaban J connectivity index is 2.11. The highest BCUT2D eigenvalue weighted by atomic mass is 19.4. The fourth-order valence-electron chi connectivity index (χ4n) is 2.17. The van der Waals surface area contributed by atoms with Gasteiger partial charge in [-0.05, 0) is 24.3 Å². The lowest BCUT2D eigenvalue weighted by Gasteiger charge is -2.07. The second kappa shape index (κ2) is 4.73. The van der Waals surface area contributed by atoms with Crippen LogP contribution in [0.4, 0.5) is 13.2 Å². The molecule has 0 bridgehead atoms. The molecule has 6 heteroatoms. The van der Waals surface area contributed by atoms with Gasteiger partial charge in [-0.1, -0.05) is 12.1 Å². The predicted molar refractivity (Wildman–Crippen MR) is 71.0 cm³/mol. The van der Waals surface area contributed by atoms with E-state index < -0.39 is 11.7 Å². The number of pyridine rings is 1. The molecule has 21 heavy (non-hydrogen) atoms. The topological polar surface area (TPSA) is 34.4 Å². The van der Waals surface area contributed by atoms with Crippen molar-refractivity contribution in [3.8, 4) is 11.4 Å². The van der Waals surface area contributed by atoms with Crippen molar-refractivity contribution in [3.63, 3.8) is 0 Å². The summed E-state index contributed by atoms with van der Waals surface area (Å²) in [5, 5.41) is 0. The molecule has 0 saturated carbocycles. The Morgan fingerprint density at radius 1 is 1.10 bits per heavy atom. The Kier molecular flexibility index (Phi) is 3.01. The molecule has 3 aromatic rings. The summed E-state index contributed by atoms with van der Waals surface area (Å²) in [6, 6.07) is 8.10. The van der Waals surface area contributed by atoms with E-state index in [1.807, 2.05) is 0 Å². The maximum Gasteiger partial charge on any atom is 0.416 e. The maximum atomic E-state index is 12.6. The van der Waals surface area contributed by atoms with E-state index in [0.29, 0.717) is 28.8 Å². The molecule has 0 amide bonds. The Morgan fingerprint density at radius 2 is 1.81 bits per heavy atom. The molecule has 3 nitrogen and oxygen atoms in total. The number of fused-ring (bicyclic) bond motifs is 1. The van der Waals surface area contributed by atoms with E-state index in [0.717, 1.165) is 12.1 Å². The summed E-state index contributed by atoms with van der Waals surface area (Å²) in [5.74, 6) is 0.488. The first-order chi connectivity index (χ1) is 10.0. The number of carbonyl (C=O) groups excluding carboxylic acids is 1. The number of nitrogens with zero attached hydrogens (tertiary/aromatic N) is 2. The standard InChI is InChI=1S/C15H9F3N2O/c16-15(17,18)12-5-3-10(4-6-12)14-19-8-13-11(9-21)2-1-7-20(13)14/h1-9H. The van der Waals surface area contributed by atoms with Gasteiger partial charge in [-0.15, -0.1) is 0 Å². The molecule has 0 spiro atoms. The predicted octanol–water partition coefficient (Wildman–Crippen LogP) is 3.83. The van der Waals surface area contributed by atoms with Crippen LogP contribution in [0.2, 0.25) is 0 Å². The molecule has 0 radical (unpaired) electrons. The van der Waals surface area contributed by atoms with Crippen LogP contribution in [0.5, 0.6) is 0 Å². The average molecular weight is 290 g/mol. The molecular weight excluding hydrogens is 281 g/mol. The van der Waals surface area contributed by atoms with E-state index in [1.165, 1.54) is 18.3 Å². The van der Waals surface area contributed by atoms with Crippen LogP contribution in [0.25, 0.3) is 16.9 Å². The molecule has 0 aliphatic rings. The fraction of sp³-hybridized carbons (Fsp3) is 0.0667. The second-order valence-corrected chi connectivity index (χ2v) is 4.49. The molecule has 0 unspecified atom stereocenters. The number of aldehydes is 1. The van der Waals surface area contributed by atoms with E-state index in [-0.39, 0.29) is 0 Å². The number of hydrogen-bond donors (Lipinski definition) is 0. The van der Waals surface area contributed by atoms with Gasteiger partial charge >= 0.3 is 6.18 Å². The molecule has 2 heterocycles. The maximum absolute atomic E-state index is 12.6. The highest BCUT2D eigenvalue weighted by molar-refractivity contribution is 5.86. The number of benzene rings is 1. The first-order valence-electron chi connectivity index (χ1n) is 6.09. The minimum absolute atomic E-state index is 0.475. The molecule has 0 aliphatic carbocycles. The minimum atomic E-state index is -4.36. The molecule has 0 fully saturated rings. The third-order valence-corrected chi connectivity index (χ3v) is 3.20. The van der Waals surface area contributed by atoms with Crippen LogP contribution in [-0.2, 0) is 6.18 Å². The van der Waals surface area contributed by atoms with Crippen LogP contribution in [0, 0.1) is 0 Å². The summed E-state index contributed by atoms with van der Waals surface area (Å²) in [6.45, 7) is 0. The first kappa shape index (κ1) is 13.4. The van der Waals surface area contributed by atoms with E-state index in [2.05, 4.69) is 4.98 Å². The number of carbonyl (C=O) groups is 1. The molecular formula is C15H9F3N2O. The number of halogens is 3. The second-order valence-electron chi connectivity index (χ2n) is 4.49. The van der Waals surface area contributed by atoms with Crippen molar-refractivity contribution in [2.75, 3.05) is 0 Å². The Labute approximate surface area is 117 Å². The summed E-state index contributed by atoms with van der Waals surface area (Å²) in [6.07, 6.45) is -0.412. The highest BCUT2D eigenvalue weighted by Crippen LogP contribution is 2.31. The van der Waals surface area contributed by atoms with Crippen LogP contribution in [0.1, 0.15) is 15.9 Å². The molecule has 3 rings (SSSR count). The molecule has 2 aromatic heterocycles. The zero-order valence-corrected chi connectivity index (χ0v) is 10.6. The van der Waals surface area contributed by atoms with Crippen molar-refractivity contribution in [1.29, 1.82) is 0 Å². The lowest BCUT2D eigenvalue weighted by Crippen LogP contribution is -2.04. The molecule has 0 atom stereocenters. The number of hydrogen-bond acceptors (Lipinski definition) is 2. The lowest BCUT2D eigenvalue weighted by atomic mass is 10.1. The molecule has 1 aromatic carbocycles.